The summed E-state index contributed by atoms with van der Waals surface area (Å²) in [6.07, 6.45) is 0. The maximum Gasteiger partial charge on any atom is 0.123 e. The van der Waals surface area contributed by atoms with Crippen LogP contribution in [0.25, 0.3) is 0 Å². The van der Waals surface area contributed by atoms with E-state index in [4.69, 9.17) is 0 Å². The van der Waals surface area contributed by atoms with E-state index in [9.17, 15) is 4.39 Å². The second kappa shape index (κ2) is 6.66. The van der Waals surface area contributed by atoms with E-state index in [0.29, 0.717) is 0 Å². The summed E-state index contributed by atoms with van der Waals surface area (Å²) in [5, 5.41) is 4.21. The zero-order valence-corrected chi connectivity index (χ0v) is 11.7. The largest absolute Gasteiger partial charge is 0.312 e. The number of hydrogen-bond acceptors (Lipinski definition) is 3. The van der Waals surface area contributed by atoms with Crippen molar-refractivity contribution >= 4 is 23.5 Å². The molecule has 0 amide bonds. The molecule has 1 nitrogen and oxygen atoms in total. The number of thioether (sulfide) groups is 2. The molecule has 0 aromatic heterocycles. The summed E-state index contributed by atoms with van der Waals surface area (Å²) in [7, 11) is 0. The fourth-order valence-electron chi connectivity index (χ4n) is 1.88. The van der Waals surface area contributed by atoms with Gasteiger partial charge in [0.05, 0.1) is 0 Å². The van der Waals surface area contributed by atoms with E-state index in [1.165, 1.54) is 28.9 Å². The van der Waals surface area contributed by atoms with Gasteiger partial charge >= 0.3 is 0 Å². The second-order valence-electron chi connectivity index (χ2n) is 4.27. The SMILES string of the molecule is Cc1cc(F)ccc1CNCC1CSCCS1. The molecule has 0 saturated carbocycles. The van der Waals surface area contributed by atoms with Gasteiger partial charge in [-0.2, -0.15) is 23.5 Å². The van der Waals surface area contributed by atoms with Crippen molar-refractivity contribution in [2.24, 2.45) is 0 Å². The van der Waals surface area contributed by atoms with Gasteiger partial charge in [-0.3, -0.25) is 0 Å². The molecule has 2 rings (SSSR count). The molecule has 1 atom stereocenters. The lowest BCUT2D eigenvalue weighted by atomic mass is 10.1. The van der Waals surface area contributed by atoms with E-state index in [-0.39, 0.29) is 5.82 Å². The van der Waals surface area contributed by atoms with Gasteiger partial charge in [-0.05, 0) is 30.2 Å². The van der Waals surface area contributed by atoms with E-state index >= 15 is 0 Å². The van der Waals surface area contributed by atoms with Gasteiger partial charge in [0.15, 0.2) is 0 Å². The lowest BCUT2D eigenvalue weighted by molar-refractivity contribution is 0.623. The predicted molar refractivity (Wildman–Crippen MR) is 76.4 cm³/mol. The summed E-state index contributed by atoms with van der Waals surface area (Å²) in [6, 6.07) is 5.01. The third kappa shape index (κ3) is 4.19. The Morgan fingerprint density at radius 2 is 2.29 bits per heavy atom. The minimum Gasteiger partial charge on any atom is -0.312 e. The molecular weight excluding hydrogens is 253 g/mol. The van der Waals surface area contributed by atoms with Crippen molar-refractivity contribution in [2.75, 3.05) is 23.8 Å². The summed E-state index contributed by atoms with van der Waals surface area (Å²) in [5.74, 6) is 3.66. The van der Waals surface area contributed by atoms with Crippen molar-refractivity contribution in [3.8, 4) is 0 Å². The predicted octanol–water partition coefficient (Wildman–Crippen LogP) is 3.07. The minimum atomic E-state index is -0.148. The first-order valence-electron chi connectivity index (χ1n) is 5.91. The fraction of sp³-hybridized carbons (Fsp3) is 0.538. The number of aryl methyl sites for hydroxylation is 1. The minimum absolute atomic E-state index is 0.148. The molecule has 94 valence electrons. The first-order chi connectivity index (χ1) is 8.25. The zero-order valence-electron chi connectivity index (χ0n) is 10.0. The average Bonchev–Trinajstić information content (AvgIpc) is 2.33. The third-order valence-corrected chi connectivity index (χ3v) is 5.72. The Morgan fingerprint density at radius 3 is 3.00 bits per heavy atom. The second-order valence-corrected chi connectivity index (χ2v) is 6.83. The van der Waals surface area contributed by atoms with Crippen LogP contribution < -0.4 is 5.32 Å². The molecule has 1 saturated heterocycles. The zero-order chi connectivity index (χ0) is 12.1. The molecule has 1 aliphatic heterocycles. The van der Waals surface area contributed by atoms with E-state index in [1.54, 1.807) is 6.07 Å². The number of nitrogens with one attached hydrogen (secondary N) is 1. The van der Waals surface area contributed by atoms with Crippen LogP contribution in [0.15, 0.2) is 18.2 Å². The van der Waals surface area contributed by atoms with Gasteiger partial charge in [-0.15, -0.1) is 0 Å². The molecule has 17 heavy (non-hydrogen) atoms. The molecule has 0 aliphatic carbocycles. The van der Waals surface area contributed by atoms with Gasteiger partial charge in [-0.1, -0.05) is 6.07 Å². The summed E-state index contributed by atoms with van der Waals surface area (Å²) < 4.78 is 12.9. The number of halogens is 1. The summed E-state index contributed by atoms with van der Waals surface area (Å²) in [4.78, 5) is 0. The van der Waals surface area contributed by atoms with Gasteiger partial charge in [0.2, 0.25) is 0 Å². The van der Waals surface area contributed by atoms with Crippen LogP contribution in [0.4, 0.5) is 4.39 Å². The molecule has 1 aromatic rings. The Balaban J connectivity index is 1.77. The molecule has 1 unspecified atom stereocenters. The van der Waals surface area contributed by atoms with Crippen LogP contribution in [-0.4, -0.2) is 29.1 Å². The molecule has 1 aromatic carbocycles. The van der Waals surface area contributed by atoms with Crippen molar-refractivity contribution < 1.29 is 4.39 Å². The number of benzene rings is 1. The molecular formula is C13H18FNS2. The van der Waals surface area contributed by atoms with Crippen molar-refractivity contribution in [1.29, 1.82) is 0 Å². The first-order valence-corrected chi connectivity index (χ1v) is 8.11. The van der Waals surface area contributed by atoms with E-state index in [2.05, 4.69) is 17.1 Å². The topological polar surface area (TPSA) is 12.0 Å². The number of hydrogen-bond donors (Lipinski definition) is 1. The summed E-state index contributed by atoms with van der Waals surface area (Å²) in [6.45, 7) is 3.85. The molecule has 1 fully saturated rings. The maximum atomic E-state index is 12.9. The van der Waals surface area contributed by atoms with E-state index in [0.717, 1.165) is 23.9 Å². The summed E-state index contributed by atoms with van der Waals surface area (Å²) in [5.41, 5.74) is 2.23. The highest BCUT2D eigenvalue weighted by Crippen LogP contribution is 2.23. The van der Waals surface area contributed by atoms with Crippen LogP contribution in [0.2, 0.25) is 0 Å². The normalized spacial score (nSPS) is 20.5. The van der Waals surface area contributed by atoms with Crippen LogP contribution in [0.1, 0.15) is 11.1 Å². The fourth-order valence-corrected chi connectivity index (χ4v) is 4.53. The molecule has 4 heteroatoms. The van der Waals surface area contributed by atoms with Crippen LogP contribution in [0.5, 0.6) is 0 Å². The monoisotopic (exact) mass is 271 g/mol. The molecule has 1 aliphatic rings. The van der Waals surface area contributed by atoms with Crippen molar-refractivity contribution in [2.45, 2.75) is 18.7 Å². The van der Waals surface area contributed by atoms with Gasteiger partial charge in [0.1, 0.15) is 5.82 Å². The lowest BCUT2D eigenvalue weighted by Gasteiger charge is -2.21. The van der Waals surface area contributed by atoms with Crippen molar-refractivity contribution in [1.82, 2.24) is 5.32 Å². The molecule has 0 bridgehead atoms. The lowest BCUT2D eigenvalue weighted by Crippen LogP contribution is -2.28. The van der Waals surface area contributed by atoms with E-state index in [1.807, 2.05) is 24.8 Å². The Morgan fingerprint density at radius 1 is 1.41 bits per heavy atom. The van der Waals surface area contributed by atoms with E-state index < -0.39 is 0 Å². The van der Waals surface area contributed by atoms with Gasteiger partial charge < -0.3 is 5.32 Å². The first kappa shape index (κ1) is 13.2. The van der Waals surface area contributed by atoms with Gasteiger partial charge in [0, 0.05) is 35.6 Å². The smallest absolute Gasteiger partial charge is 0.123 e. The van der Waals surface area contributed by atoms with Gasteiger partial charge in [-0.25, -0.2) is 4.39 Å². The Hall–Kier alpha value is -0.190. The average molecular weight is 271 g/mol. The van der Waals surface area contributed by atoms with Crippen LogP contribution in [0.3, 0.4) is 0 Å². The van der Waals surface area contributed by atoms with Crippen molar-refractivity contribution in [3.05, 3.63) is 35.1 Å². The standard InChI is InChI=1S/C13H18FNS2/c1-10-6-12(14)3-2-11(10)7-15-8-13-9-16-4-5-17-13/h2-3,6,13,15H,4-5,7-9H2,1H3. The third-order valence-electron chi connectivity index (χ3n) is 2.88. The molecule has 1 N–H and O–H groups in total. The summed E-state index contributed by atoms with van der Waals surface area (Å²) >= 11 is 4.11. The Bertz CT molecular complexity index is 364. The van der Waals surface area contributed by atoms with Gasteiger partial charge in [0.25, 0.3) is 0 Å². The Labute approximate surface area is 111 Å². The number of rotatable bonds is 4. The Kier molecular flexibility index (Phi) is 5.19. The van der Waals surface area contributed by atoms with Crippen molar-refractivity contribution in [3.63, 3.8) is 0 Å². The quantitative estimate of drug-likeness (QED) is 0.904. The maximum absolute atomic E-state index is 12.9. The molecule has 0 radical (unpaired) electrons. The molecule has 1 heterocycles. The highest BCUT2D eigenvalue weighted by atomic mass is 32.2. The van der Waals surface area contributed by atoms with Crippen LogP contribution in [0, 0.1) is 12.7 Å². The molecule has 0 spiro atoms. The van der Waals surface area contributed by atoms with Crippen LogP contribution >= 0.6 is 23.5 Å². The highest BCUT2D eigenvalue weighted by Gasteiger charge is 2.13. The van der Waals surface area contributed by atoms with Crippen LogP contribution in [-0.2, 0) is 6.54 Å². The highest BCUT2D eigenvalue weighted by molar-refractivity contribution is 8.06.